The molecule has 0 saturated heterocycles. The zero-order valence-corrected chi connectivity index (χ0v) is 11.8. The second-order valence-corrected chi connectivity index (χ2v) is 4.56. The molecule has 0 saturated carbocycles. The van der Waals surface area contributed by atoms with Crippen LogP contribution in [0.4, 0.5) is 4.39 Å². The number of hydrogen-bond donors (Lipinski definition) is 2. The maximum atomic E-state index is 13.7. The molecule has 0 amide bonds. The Hall–Kier alpha value is -2.11. The van der Waals surface area contributed by atoms with Crippen LogP contribution in [0.2, 0.25) is 0 Å². The number of aliphatic hydroxyl groups is 1. The first-order valence-corrected chi connectivity index (χ1v) is 6.56. The van der Waals surface area contributed by atoms with E-state index in [4.69, 9.17) is 20.3 Å². The van der Waals surface area contributed by atoms with Crippen molar-refractivity contribution in [3.8, 4) is 11.5 Å². The summed E-state index contributed by atoms with van der Waals surface area (Å²) < 4.78 is 24.5. The van der Waals surface area contributed by atoms with E-state index in [1.807, 2.05) is 0 Å². The lowest BCUT2D eigenvalue weighted by atomic mass is 10.1. The van der Waals surface area contributed by atoms with E-state index in [0.717, 1.165) is 11.1 Å². The van der Waals surface area contributed by atoms with Crippen LogP contribution in [0.5, 0.6) is 11.5 Å². The van der Waals surface area contributed by atoms with E-state index in [-0.39, 0.29) is 19.0 Å². The van der Waals surface area contributed by atoms with Gasteiger partial charge in [-0.25, -0.2) is 4.39 Å². The lowest BCUT2D eigenvalue weighted by Gasteiger charge is -2.12. The summed E-state index contributed by atoms with van der Waals surface area (Å²) in [4.78, 5) is 0. The molecule has 0 fully saturated rings. The van der Waals surface area contributed by atoms with Gasteiger partial charge in [0.25, 0.3) is 0 Å². The molecule has 0 aliphatic carbocycles. The molecule has 0 aromatic heterocycles. The summed E-state index contributed by atoms with van der Waals surface area (Å²) in [7, 11) is 1.51. The average Bonchev–Trinajstić information content (AvgIpc) is 2.54. The van der Waals surface area contributed by atoms with Crippen LogP contribution in [-0.4, -0.2) is 12.2 Å². The molecule has 2 aromatic rings. The Labute approximate surface area is 122 Å². The van der Waals surface area contributed by atoms with Crippen LogP contribution in [0, 0.1) is 5.82 Å². The van der Waals surface area contributed by atoms with Crippen molar-refractivity contribution in [2.24, 2.45) is 5.73 Å². The van der Waals surface area contributed by atoms with Gasteiger partial charge in [0.1, 0.15) is 12.4 Å². The highest BCUT2D eigenvalue weighted by Crippen LogP contribution is 2.29. The molecule has 4 nitrogen and oxygen atoms in total. The Bertz CT molecular complexity index is 616. The topological polar surface area (TPSA) is 64.7 Å². The Morgan fingerprint density at radius 1 is 1.10 bits per heavy atom. The lowest BCUT2D eigenvalue weighted by Crippen LogP contribution is -2.03. The summed E-state index contributed by atoms with van der Waals surface area (Å²) in [6.07, 6.45) is 0. The number of aliphatic hydroxyl groups excluding tert-OH is 1. The van der Waals surface area contributed by atoms with Gasteiger partial charge >= 0.3 is 0 Å². The number of methoxy groups -OCH3 is 1. The first-order chi connectivity index (χ1) is 10.2. The molecule has 0 aliphatic heterocycles. The van der Waals surface area contributed by atoms with Crippen LogP contribution in [0.15, 0.2) is 36.4 Å². The molecule has 0 aliphatic rings. The van der Waals surface area contributed by atoms with Crippen molar-refractivity contribution >= 4 is 0 Å². The van der Waals surface area contributed by atoms with E-state index in [9.17, 15) is 4.39 Å². The largest absolute Gasteiger partial charge is 0.493 e. The fourth-order valence-electron chi connectivity index (χ4n) is 1.95. The Morgan fingerprint density at radius 3 is 2.52 bits per heavy atom. The zero-order valence-electron chi connectivity index (χ0n) is 11.8. The number of ether oxygens (including phenoxy) is 2. The highest BCUT2D eigenvalue weighted by atomic mass is 19.1. The third kappa shape index (κ3) is 3.71. The molecule has 0 atom stereocenters. The van der Waals surface area contributed by atoms with Crippen LogP contribution in [0.1, 0.15) is 16.7 Å². The maximum absolute atomic E-state index is 13.7. The molecule has 0 radical (unpaired) electrons. The van der Waals surface area contributed by atoms with Gasteiger partial charge in [-0.05, 0) is 35.4 Å². The molecular weight excluding hydrogens is 273 g/mol. The molecule has 112 valence electrons. The number of hydrogen-bond acceptors (Lipinski definition) is 4. The summed E-state index contributed by atoms with van der Waals surface area (Å²) in [6.45, 7) is 0.347. The third-order valence-electron chi connectivity index (χ3n) is 3.14. The minimum absolute atomic E-state index is 0.0779. The second-order valence-electron chi connectivity index (χ2n) is 4.56. The van der Waals surface area contributed by atoms with Crippen molar-refractivity contribution in [2.45, 2.75) is 19.8 Å². The van der Waals surface area contributed by atoms with Crippen molar-refractivity contribution in [3.63, 3.8) is 0 Å². The van der Waals surface area contributed by atoms with Crippen LogP contribution in [0.25, 0.3) is 0 Å². The molecule has 3 N–H and O–H groups in total. The minimum Gasteiger partial charge on any atom is -0.493 e. The summed E-state index contributed by atoms with van der Waals surface area (Å²) in [5.41, 5.74) is 7.55. The molecule has 5 heteroatoms. The Morgan fingerprint density at radius 2 is 1.86 bits per heavy atom. The van der Waals surface area contributed by atoms with Crippen molar-refractivity contribution in [1.29, 1.82) is 0 Å². The van der Waals surface area contributed by atoms with E-state index in [0.29, 0.717) is 23.6 Å². The van der Waals surface area contributed by atoms with Gasteiger partial charge in [-0.1, -0.05) is 12.1 Å². The SMILES string of the molecule is COc1cc(CO)ccc1OCc1cc(CN)ccc1F. The van der Waals surface area contributed by atoms with E-state index in [2.05, 4.69) is 0 Å². The first kappa shape index (κ1) is 15.3. The van der Waals surface area contributed by atoms with Gasteiger partial charge in [0, 0.05) is 12.1 Å². The molecular formula is C16H18FNO3. The van der Waals surface area contributed by atoms with Gasteiger partial charge < -0.3 is 20.3 Å². The molecule has 0 spiro atoms. The minimum atomic E-state index is -0.335. The van der Waals surface area contributed by atoms with Gasteiger partial charge in [-0.3, -0.25) is 0 Å². The van der Waals surface area contributed by atoms with Crippen molar-refractivity contribution in [3.05, 3.63) is 58.9 Å². The summed E-state index contributed by atoms with van der Waals surface area (Å²) in [6, 6.07) is 9.81. The predicted octanol–water partition coefficient (Wildman–Crippen LogP) is 2.36. The standard InChI is InChI=1S/C16H18FNO3/c1-20-16-7-12(9-19)3-5-15(16)21-10-13-6-11(8-18)2-4-14(13)17/h2-7,19H,8-10,18H2,1H3. The monoisotopic (exact) mass is 291 g/mol. The number of rotatable bonds is 6. The summed E-state index contributed by atoms with van der Waals surface area (Å²) >= 11 is 0. The van der Waals surface area contributed by atoms with Crippen LogP contribution < -0.4 is 15.2 Å². The van der Waals surface area contributed by atoms with Crippen molar-refractivity contribution < 1.29 is 19.0 Å². The molecule has 0 bridgehead atoms. The summed E-state index contributed by atoms with van der Waals surface area (Å²) in [5, 5.41) is 9.09. The Balaban J connectivity index is 2.16. The highest BCUT2D eigenvalue weighted by molar-refractivity contribution is 5.43. The predicted molar refractivity (Wildman–Crippen MR) is 77.5 cm³/mol. The van der Waals surface area contributed by atoms with Crippen molar-refractivity contribution in [2.75, 3.05) is 7.11 Å². The van der Waals surface area contributed by atoms with E-state index < -0.39 is 0 Å². The van der Waals surface area contributed by atoms with Gasteiger partial charge in [0.2, 0.25) is 0 Å². The van der Waals surface area contributed by atoms with Gasteiger partial charge in [0.05, 0.1) is 13.7 Å². The number of nitrogens with two attached hydrogens (primary N) is 1. The summed E-state index contributed by atoms with van der Waals surface area (Å²) in [5.74, 6) is 0.655. The quantitative estimate of drug-likeness (QED) is 0.857. The zero-order chi connectivity index (χ0) is 15.2. The maximum Gasteiger partial charge on any atom is 0.161 e. The van der Waals surface area contributed by atoms with E-state index >= 15 is 0 Å². The fraction of sp³-hybridized carbons (Fsp3) is 0.250. The van der Waals surface area contributed by atoms with Gasteiger partial charge in [-0.15, -0.1) is 0 Å². The Kier molecular flexibility index (Phi) is 5.14. The van der Waals surface area contributed by atoms with Crippen molar-refractivity contribution in [1.82, 2.24) is 0 Å². The lowest BCUT2D eigenvalue weighted by molar-refractivity contribution is 0.272. The molecule has 21 heavy (non-hydrogen) atoms. The molecule has 0 unspecified atom stereocenters. The number of halogens is 1. The van der Waals surface area contributed by atoms with Gasteiger partial charge in [-0.2, -0.15) is 0 Å². The van der Waals surface area contributed by atoms with Crippen LogP contribution in [0.3, 0.4) is 0 Å². The first-order valence-electron chi connectivity index (χ1n) is 6.56. The molecule has 0 heterocycles. The molecule has 2 aromatic carbocycles. The van der Waals surface area contributed by atoms with Crippen LogP contribution in [-0.2, 0) is 19.8 Å². The number of benzene rings is 2. The molecule has 2 rings (SSSR count). The normalized spacial score (nSPS) is 10.5. The highest BCUT2D eigenvalue weighted by Gasteiger charge is 2.08. The van der Waals surface area contributed by atoms with E-state index in [1.54, 1.807) is 30.3 Å². The van der Waals surface area contributed by atoms with Gasteiger partial charge in [0.15, 0.2) is 11.5 Å². The second kappa shape index (κ2) is 7.06. The van der Waals surface area contributed by atoms with E-state index in [1.165, 1.54) is 13.2 Å². The van der Waals surface area contributed by atoms with Crippen LogP contribution >= 0.6 is 0 Å². The average molecular weight is 291 g/mol. The fourth-order valence-corrected chi connectivity index (χ4v) is 1.95. The smallest absolute Gasteiger partial charge is 0.161 e. The third-order valence-corrected chi connectivity index (χ3v) is 3.14.